The van der Waals surface area contributed by atoms with Crippen LogP contribution < -0.4 is 0 Å². The summed E-state index contributed by atoms with van der Waals surface area (Å²) < 4.78 is 39.6. The Hall–Kier alpha value is -1.75. The maximum absolute atomic E-state index is 12.8. The Bertz CT molecular complexity index is 1240. The van der Waals surface area contributed by atoms with Crippen LogP contribution in [0.3, 0.4) is 0 Å². The number of esters is 1. The molecule has 0 unspecified atom stereocenters. The van der Waals surface area contributed by atoms with E-state index in [0.29, 0.717) is 24.2 Å². The van der Waals surface area contributed by atoms with Crippen molar-refractivity contribution in [1.29, 1.82) is 0 Å². The van der Waals surface area contributed by atoms with Gasteiger partial charge in [0.15, 0.2) is 17.2 Å². The molecule has 4 saturated heterocycles. The lowest BCUT2D eigenvalue weighted by Gasteiger charge is -2.72. The Labute approximate surface area is 222 Å². The normalized spacial score (nSPS) is 53.5. The molecule has 0 aromatic carbocycles. The zero-order valence-electron chi connectivity index (χ0n) is 23.1. The lowest BCUT2D eigenvalue weighted by Crippen LogP contribution is -2.86. The molecule has 4 bridgehead atoms. The van der Waals surface area contributed by atoms with Gasteiger partial charge >= 0.3 is 5.97 Å². The first-order valence-electron chi connectivity index (χ1n) is 13.7. The van der Waals surface area contributed by atoms with Crippen molar-refractivity contribution in [2.45, 2.75) is 115 Å². The molecule has 6 aliphatic rings. The van der Waals surface area contributed by atoms with Gasteiger partial charge in [0.2, 0.25) is 11.4 Å². The maximum Gasteiger partial charge on any atom is 0.303 e. The van der Waals surface area contributed by atoms with E-state index in [4.69, 9.17) is 28.1 Å². The van der Waals surface area contributed by atoms with Gasteiger partial charge in [0.05, 0.1) is 6.26 Å². The van der Waals surface area contributed by atoms with Crippen molar-refractivity contribution in [3.8, 4) is 0 Å². The van der Waals surface area contributed by atoms with Crippen LogP contribution in [0.2, 0.25) is 0 Å². The number of carbonyl (C=O) groups is 1. The van der Waals surface area contributed by atoms with Crippen molar-refractivity contribution >= 4 is 5.97 Å². The molecule has 38 heavy (non-hydrogen) atoms. The van der Waals surface area contributed by atoms with Crippen LogP contribution in [0, 0.1) is 22.7 Å². The molecule has 5 heterocycles. The van der Waals surface area contributed by atoms with Crippen LogP contribution in [0.25, 0.3) is 0 Å². The van der Waals surface area contributed by atoms with Crippen molar-refractivity contribution in [2.75, 3.05) is 0 Å². The predicted molar refractivity (Wildman–Crippen MR) is 131 cm³/mol. The van der Waals surface area contributed by atoms with Gasteiger partial charge in [-0.05, 0) is 31.1 Å². The summed E-state index contributed by atoms with van der Waals surface area (Å²) in [5, 5.41) is 25.1. The van der Waals surface area contributed by atoms with E-state index in [1.165, 1.54) is 6.92 Å². The van der Waals surface area contributed by atoms with Gasteiger partial charge in [0.1, 0.15) is 24.1 Å². The Balaban J connectivity index is 1.54. The van der Waals surface area contributed by atoms with E-state index in [0.717, 1.165) is 0 Å². The van der Waals surface area contributed by atoms with Crippen molar-refractivity contribution in [2.24, 2.45) is 22.7 Å². The first-order valence-corrected chi connectivity index (χ1v) is 13.7. The highest BCUT2D eigenvalue weighted by atomic mass is 16.8. The molecule has 1 spiro atoms. The number of hydrogen-bond donors (Lipinski definition) is 2. The fourth-order valence-electron chi connectivity index (χ4n) is 9.12. The average Bonchev–Trinajstić information content (AvgIpc) is 3.41. The van der Waals surface area contributed by atoms with E-state index in [1.54, 1.807) is 13.2 Å². The number of carbonyl (C=O) groups excluding carboxylic acids is 1. The molecule has 10 atom stereocenters. The molecule has 9 nitrogen and oxygen atoms in total. The van der Waals surface area contributed by atoms with Crippen molar-refractivity contribution in [1.82, 2.24) is 0 Å². The SMILES string of the molecule is CC(=O)O[C@@]12[C@H]3O[C@@]4(O)CC[C@]5(C)[C@H]6C[C@@](C(C)C)(O[C@H]5c5ccco5)O[C@H]1[C@]64O[C@]2(O)C(C)=CC3(C)C. The number of furan rings is 1. The van der Waals surface area contributed by atoms with Crippen molar-refractivity contribution in [3.63, 3.8) is 0 Å². The highest BCUT2D eigenvalue weighted by Gasteiger charge is 2.94. The van der Waals surface area contributed by atoms with Gasteiger partial charge in [0.25, 0.3) is 0 Å². The second-order valence-electron chi connectivity index (χ2n) is 13.6. The fraction of sp³-hybridized carbons (Fsp3) is 0.759. The predicted octanol–water partition coefficient (Wildman–Crippen LogP) is 3.74. The molecule has 5 fully saturated rings. The van der Waals surface area contributed by atoms with Gasteiger partial charge in [-0.25, -0.2) is 0 Å². The summed E-state index contributed by atoms with van der Waals surface area (Å²) in [5.74, 6) is -5.43. The number of ether oxygens (including phenoxy) is 5. The van der Waals surface area contributed by atoms with Crippen LogP contribution in [-0.2, 0) is 28.5 Å². The maximum atomic E-state index is 12.8. The van der Waals surface area contributed by atoms with Gasteiger partial charge in [-0.1, -0.05) is 40.7 Å². The summed E-state index contributed by atoms with van der Waals surface area (Å²) in [4.78, 5) is 12.8. The summed E-state index contributed by atoms with van der Waals surface area (Å²) in [5.41, 5.74) is -4.13. The smallest absolute Gasteiger partial charge is 0.303 e. The number of hydrogen-bond acceptors (Lipinski definition) is 9. The van der Waals surface area contributed by atoms with Crippen LogP contribution >= 0.6 is 0 Å². The quantitative estimate of drug-likeness (QED) is 0.445. The molecule has 4 aliphatic heterocycles. The molecule has 2 aliphatic carbocycles. The molecule has 0 amide bonds. The highest BCUT2D eigenvalue weighted by Crippen LogP contribution is 2.77. The molecule has 7 rings (SSSR count). The van der Waals surface area contributed by atoms with E-state index in [2.05, 4.69) is 6.92 Å². The van der Waals surface area contributed by atoms with E-state index >= 15 is 0 Å². The Morgan fingerprint density at radius 3 is 2.47 bits per heavy atom. The number of aliphatic hydroxyl groups is 2. The van der Waals surface area contributed by atoms with Gasteiger partial charge in [-0.2, -0.15) is 0 Å². The molecule has 1 aromatic heterocycles. The average molecular weight is 531 g/mol. The minimum absolute atomic E-state index is 0.118. The van der Waals surface area contributed by atoms with E-state index in [-0.39, 0.29) is 12.3 Å². The van der Waals surface area contributed by atoms with Crippen LogP contribution in [0.5, 0.6) is 0 Å². The summed E-state index contributed by atoms with van der Waals surface area (Å²) in [7, 11) is 0. The van der Waals surface area contributed by atoms with E-state index < -0.39 is 69.6 Å². The summed E-state index contributed by atoms with van der Waals surface area (Å²) in [6.45, 7) is 13.1. The standard InChI is InChI=1S/C29H38O9/c1-15(2)25-14-19-24(7,20(35-25)18-9-8-12-33-18)10-11-26(31)27(19)22(36-25)28(34-17(4)30)21(37-26)23(5,6)13-16(3)29(28,32)38-27/h8-9,12-13,15,19-22,31-32H,10-11,14H2,1-7H3/t19-,20+,21+,22+,24-,25-,26+,27-,28+,29-/m1/s1. The van der Waals surface area contributed by atoms with E-state index in [9.17, 15) is 15.0 Å². The lowest BCUT2D eigenvalue weighted by atomic mass is 9.47. The Kier molecular flexibility index (Phi) is 4.60. The van der Waals surface area contributed by atoms with Crippen LogP contribution in [-0.4, -0.2) is 57.0 Å². The summed E-state index contributed by atoms with van der Waals surface area (Å²) in [6, 6.07) is 3.73. The minimum atomic E-state index is -2.08. The molecular weight excluding hydrogens is 492 g/mol. The minimum Gasteiger partial charge on any atom is -0.467 e. The molecule has 2 N–H and O–H groups in total. The largest absolute Gasteiger partial charge is 0.467 e. The van der Waals surface area contributed by atoms with Crippen LogP contribution in [0.4, 0.5) is 0 Å². The van der Waals surface area contributed by atoms with Gasteiger partial charge < -0.3 is 38.3 Å². The number of rotatable bonds is 3. The molecular formula is C29H38O9. The van der Waals surface area contributed by atoms with Gasteiger partial charge in [0, 0.05) is 42.4 Å². The van der Waals surface area contributed by atoms with Crippen molar-refractivity contribution < 1.29 is 43.1 Å². The van der Waals surface area contributed by atoms with Crippen molar-refractivity contribution in [3.05, 3.63) is 35.8 Å². The molecule has 0 radical (unpaired) electrons. The second-order valence-corrected chi connectivity index (χ2v) is 13.6. The monoisotopic (exact) mass is 530 g/mol. The van der Waals surface area contributed by atoms with Crippen LogP contribution in [0.1, 0.15) is 79.6 Å². The molecule has 9 heteroatoms. The zero-order chi connectivity index (χ0) is 27.3. The van der Waals surface area contributed by atoms with Crippen LogP contribution in [0.15, 0.2) is 34.5 Å². The Morgan fingerprint density at radius 2 is 1.84 bits per heavy atom. The topological polar surface area (TPSA) is 117 Å². The molecule has 1 aromatic rings. The van der Waals surface area contributed by atoms with Gasteiger partial charge in [-0.3, -0.25) is 4.79 Å². The first kappa shape index (κ1) is 25.2. The van der Waals surface area contributed by atoms with E-state index in [1.807, 2.05) is 45.9 Å². The zero-order valence-corrected chi connectivity index (χ0v) is 23.1. The fourth-order valence-corrected chi connectivity index (χ4v) is 9.12. The van der Waals surface area contributed by atoms with Gasteiger partial charge in [-0.15, -0.1) is 0 Å². The molecule has 1 saturated carbocycles. The summed E-state index contributed by atoms with van der Waals surface area (Å²) >= 11 is 0. The molecule has 208 valence electrons. The Morgan fingerprint density at radius 1 is 1.11 bits per heavy atom. The third-order valence-corrected chi connectivity index (χ3v) is 10.8. The third kappa shape index (κ3) is 2.45. The third-order valence-electron chi connectivity index (χ3n) is 10.8. The summed E-state index contributed by atoms with van der Waals surface area (Å²) in [6.07, 6.45) is 2.19. The lowest BCUT2D eigenvalue weighted by molar-refractivity contribution is -0.496. The second kappa shape index (κ2) is 6.93. The first-order chi connectivity index (χ1) is 17.6. The highest BCUT2D eigenvalue weighted by molar-refractivity contribution is 5.68. The number of fused-ring (bicyclic) bond motifs is 1.